The van der Waals surface area contributed by atoms with Gasteiger partial charge in [-0.25, -0.2) is 0 Å². The fraction of sp³-hybridized carbons (Fsp3) is 1.00. The average molecular weight is 213 g/mol. The maximum Gasteiger partial charge on any atom is 0.0241 e. The van der Waals surface area contributed by atoms with Crippen LogP contribution in [-0.4, -0.2) is 6.04 Å². The third-order valence-corrected chi connectivity index (χ3v) is 3.30. The molecule has 0 radical (unpaired) electrons. The van der Waals surface area contributed by atoms with E-state index in [1.165, 1.54) is 32.1 Å². The molecule has 4 heteroatoms. The molecule has 2 rings (SSSR count). The molecular weight excluding hydrogens is 195 g/mol. The van der Waals surface area contributed by atoms with Gasteiger partial charge in [0.15, 0.2) is 0 Å². The van der Waals surface area contributed by atoms with E-state index >= 15 is 0 Å². The van der Waals surface area contributed by atoms with E-state index in [0.717, 1.165) is 11.8 Å². The van der Waals surface area contributed by atoms with Gasteiger partial charge in [-0.1, -0.05) is 12.8 Å². The van der Waals surface area contributed by atoms with Crippen LogP contribution in [-0.2, 0) is 0 Å². The van der Waals surface area contributed by atoms with Crippen molar-refractivity contribution >= 4 is 24.8 Å². The van der Waals surface area contributed by atoms with E-state index in [4.69, 9.17) is 5.84 Å². The molecule has 3 unspecified atom stereocenters. The van der Waals surface area contributed by atoms with Crippen molar-refractivity contribution in [1.82, 2.24) is 5.43 Å². The minimum atomic E-state index is 0. The molecule has 74 valence electrons. The van der Waals surface area contributed by atoms with E-state index in [0.29, 0.717) is 6.04 Å². The Morgan fingerprint density at radius 2 is 1.75 bits per heavy atom. The van der Waals surface area contributed by atoms with E-state index < -0.39 is 0 Å². The largest absolute Gasteiger partial charge is 0.271 e. The highest BCUT2D eigenvalue weighted by atomic mass is 35.5. The zero-order valence-corrected chi connectivity index (χ0v) is 8.79. The van der Waals surface area contributed by atoms with Crippen molar-refractivity contribution in [3.8, 4) is 0 Å². The van der Waals surface area contributed by atoms with Gasteiger partial charge >= 0.3 is 0 Å². The van der Waals surface area contributed by atoms with Crippen LogP contribution < -0.4 is 11.3 Å². The smallest absolute Gasteiger partial charge is 0.0241 e. The van der Waals surface area contributed by atoms with Gasteiger partial charge in [0, 0.05) is 6.04 Å². The van der Waals surface area contributed by atoms with E-state index in [-0.39, 0.29) is 24.8 Å². The van der Waals surface area contributed by atoms with Gasteiger partial charge in [-0.2, -0.15) is 0 Å². The zero-order chi connectivity index (χ0) is 6.97. The lowest BCUT2D eigenvalue weighted by Gasteiger charge is -2.45. The number of nitrogens with two attached hydrogens (primary N) is 1. The van der Waals surface area contributed by atoms with E-state index in [1.807, 2.05) is 0 Å². The number of fused-ring (bicyclic) bond motifs is 1. The van der Waals surface area contributed by atoms with Crippen LogP contribution >= 0.6 is 24.8 Å². The molecule has 2 aliphatic rings. The molecule has 0 aromatic heterocycles. The molecule has 2 fully saturated rings. The summed E-state index contributed by atoms with van der Waals surface area (Å²) in [6.07, 6.45) is 7.03. The van der Waals surface area contributed by atoms with Crippen LogP contribution in [0.4, 0.5) is 0 Å². The Morgan fingerprint density at radius 3 is 2.17 bits per heavy atom. The molecule has 3 atom stereocenters. The van der Waals surface area contributed by atoms with Crippen molar-refractivity contribution in [2.75, 3.05) is 0 Å². The Balaban J connectivity index is 0.000000605. The van der Waals surface area contributed by atoms with Crippen LogP contribution in [0.3, 0.4) is 0 Å². The summed E-state index contributed by atoms with van der Waals surface area (Å²) in [7, 11) is 0. The zero-order valence-electron chi connectivity index (χ0n) is 7.16. The summed E-state index contributed by atoms with van der Waals surface area (Å²) >= 11 is 0. The van der Waals surface area contributed by atoms with Gasteiger partial charge in [0.2, 0.25) is 0 Å². The first-order valence-corrected chi connectivity index (χ1v) is 4.38. The summed E-state index contributed by atoms with van der Waals surface area (Å²) in [5, 5.41) is 0. The van der Waals surface area contributed by atoms with Gasteiger partial charge in [-0.15, -0.1) is 24.8 Å². The number of halogens is 2. The summed E-state index contributed by atoms with van der Waals surface area (Å²) < 4.78 is 0. The maximum absolute atomic E-state index is 5.44. The molecule has 0 amide bonds. The number of hydrogen-bond donors (Lipinski definition) is 2. The molecule has 2 nitrogen and oxygen atoms in total. The lowest BCUT2D eigenvalue weighted by atomic mass is 9.63. The first-order valence-electron chi connectivity index (χ1n) is 4.38. The Labute approximate surface area is 86.4 Å². The number of hydrazine groups is 1. The number of nitrogens with one attached hydrogen (secondary N) is 1. The molecule has 0 saturated heterocycles. The fourth-order valence-electron chi connectivity index (χ4n) is 2.50. The van der Waals surface area contributed by atoms with Crippen LogP contribution in [0.1, 0.15) is 32.1 Å². The van der Waals surface area contributed by atoms with Crippen molar-refractivity contribution in [2.45, 2.75) is 38.1 Å². The van der Waals surface area contributed by atoms with Crippen LogP contribution in [0.15, 0.2) is 0 Å². The SMILES string of the molecule is Cl.Cl.NNC1CCCC2CCC21. The summed E-state index contributed by atoms with van der Waals surface area (Å²) in [5.74, 6) is 7.39. The number of rotatable bonds is 1. The van der Waals surface area contributed by atoms with Crippen LogP contribution in [0, 0.1) is 11.8 Å². The monoisotopic (exact) mass is 212 g/mol. The highest BCUT2D eigenvalue weighted by molar-refractivity contribution is 5.85. The van der Waals surface area contributed by atoms with Crippen molar-refractivity contribution in [3.63, 3.8) is 0 Å². The summed E-state index contributed by atoms with van der Waals surface area (Å²) in [6.45, 7) is 0. The Kier molecular flexibility index (Phi) is 5.50. The van der Waals surface area contributed by atoms with Crippen molar-refractivity contribution < 1.29 is 0 Å². The van der Waals surface area contributed by atoms with Crippen molar-refractivity contribution in [2.24, 2.45) is 17.7 Å². The lowest BCUT2D eigenvalue weighted by molar-refractivity contribution is 0.0753. The Bertz CT molecular complexity index is 130. The molecular formula is C8H18Cl2N2. The molecule has 2 saturated carbocycles. The fourth-order valence-corrected chi connectivity index (χ4v) is 2.50. The van der Waals surface area contributed by atoms with E-state index in [1.54, 1.807) is 0 Å². The highest BCUT2D eigenvalue weighted by Gasteiger charge is 2.38. The first kappa shape index (κ1) is 12.5. The molecule has 0 aromatic rings. The van der Waals surface area contributed by atoms with Gasteiger partial charge in [-0.05, 0) is 31.1 Å². The van der Waals surface area contributed by atoms with Gasteiger partial charge in [-0.3, -0.25) is 11.3 Å². The van der Waals surface area contributed by atoms with Gasteiger partial charge in [0.05, 0.1) is 0 Å². The summed E-state index contributed by atoms with van der Waals surface area (Å²) in [6, 6.07) is 0.646. The molecule has 12 heavy (non-hydrogen) atoms. The Hall–Kier alpha value is 0.500. The molecule has 3 N–H and O–H groups in total. The van der Waals surface area contributed by atoms with E-state index in [9.17, 15) is 0 Å². The lowest BCUT2D eigenvalue weighted by Crippen LogP contribution is -2.49. The minimum Gasteiger partial charge on any atom is -0.271 e. The second kappa shape index (κ2) is 5.28. The Morgan fingerprint density at radius 1 is 1.00 bits per heavy atom. The second-order valence-electron chi connectivity index (χ2n) is 3.71. The van der Waals surface area contributed by atoms with Crippen molar-refractivity contribution in [1.29, 1.82) is 0 Å². The average Bonchev–Trinajstić information content (AvgIpc) is 1.91. The highest BCUT2D eigenvalue weighted by Crippen LogP contribution is 2.44. The maximum atomic E-state index is 5.44. The topological polar surface area (TPSA) is 38.0 Å². The predicted octanol–water partition coefficient (Wildman–Crippen LogP) is 1.87. The summed E-state index contributed by atoms with van der Waals surface area (Å²) in [4.78, 5) is 0. The van der Waals surface area contributed by atoms with Gasteiger partial charge < -0.3 is 0 Å². The van der Waals surface area contributed by atoms with Crippen LogP contribution in [0.2, 0.25) is 0 Å². The first-order chi connectivity index (χ1) is 4.92. The molecule has 0 heterocycles. The van der Waals surface area contributed by atoms with E-state index in [2.05, 4.69) is 5.43 Å². The third kappa shape index (κ3) is 2.05. The van der Waals surface area contributed by atoms with Crippen LogP contribution in [0.5, 0.6) is 0 Å². The molecule has 0 spiro atoms. The van der Waals surface area contributed by atoms with Gasteiger partial charge in [0.1, 0.15) is 0 Å². The second-order valence-corrected chi connectivity index (χ2v) is 3.71. The minimum absolute atomic E-state index is 0. The van der Waals surface area contributed by atoms with Crippen molar-refractivity contribution in [3.05, 3.63) is 0 Å². The normalized spacial score (nSPS) is 38.2. The predicted molar refractivity (Wildman–Crippen MR) is 55.7 cm³/mol. The molecule has 0 bridgehead atoms. The number of hydrogen-bond acceptors (Lipinski definition) is 2. The molecule has 0 aliphatic heterocycles. The third-order valence-electron chi connectivity index (χ3n) is 3.30. The molecule has 2 aliphatic carbocycles. The quantitative estimate of drug-likeness (QED) is 0.515. The standard InChI is InChI=1S/C8H16N2.2ClH/c9-10-8-3-1-2-6-4-5-7(6)8;;/h6-8,10H,1-5,9H2;2*1H. The van der Waals surface area contributed by atoms with Gasteiger partial charge in [0.25, 0.3) is 0 Å². The molecule has 0 aromatic carbocycles. The summed E-state index contributed by atoms with van der Waals surface area (Å²) in [5.41, 5.74) is 2.94. The van der Waals surface area contributed by atoms with Crippen LogP contribution in [0.25, 0.3) is 0 Å².